The largest absolute Gasteiger partial charge is 0.449 e. The van der Waals surface area contributed by atoms with Crippen LogP contribution in [0.1, 0.15) is 30.1 Å². The van der Waals surface area contributed by atoms with Crippen molar-refractivity contribution in [2.45, 2.75) is 25.9 Å². The first-order valence-electron chi connectivity index (χ1n) is 9.93. The minimum Gasteiger partial charge on any atom is -0.449 e. The normalized spacial score (nSPS) is 14.5. The molecule has 1 aromatic heterocycles. The molecule has 0 aliphatic carbocycles. The van der Waals surface area contributed by atoms with Gasteiger partial charge in [0.15, 0.2) is 6.10 Å². The zero-order valence-electron chi connectivity index (χ0n) is 16.6. The van der Waals surface area contributed by atoms with Gasteiger partial charge in [-0.2, -0.15) is 0 Å². The lowest BCUT2D eigenvalue weighted by molar-refractivity contribution is -0.123. The number of para-hydroxylation sites is 1. The monoisotopic (exact) mass is 407 g/mol. The molecule has 1 fully saturated rings. The van der Waals surface area contributed by atoms with Crippen LogP contribution in [0.4, 0.5) is 15.9 Å². The number of pyridine rings is 1. The molecular weight excluding hydrogens is 385 g/mol. The number of esters is 1. The molecule has 1 N–H and O–H groups in total. The van der Waals surface area contributed by atoms with Gasteiger partial charge >= 0.3 is 5.97 Å². The Morgan fingerprint density at radius 2 is 1.87 bits per heavy atom. The Morgan fingerprint density at radius 3 is 2.63 bits per heavy atom. The highest BCUT2D eigenvalue weighted by atomic mass is 19.1. The molecule has 30 heavy (non-hydrogen) atoms. The van der Waals surface area contributed by atoms with E-state index in [1.54, 1.807) is 12.1 Å². The second kappa shape index (κ2) is 8.49. The molecule has 0 bridgehead atoms. The molecular formula is C23H22FN3O3. The van der Waals surface area contributed by atoms with Crippen molar-refractivity contribution in [3.63, 3.8) is 0 Å². The van der Waals surface area contributed by atoms with E-state index in [9.17, 15) is 14.0 Å². The molecule has 0 radical (unpaired) electrons. The summed E-state index contributed by atoms with van der Waals surface area (Å²) in [6.07, 6.45) is 1.02. The lowest BCUT2D eigenvalue weighted by Crippen LogP contribution is -2.31. The number of halogens is 1. The van der Waals surface area contributed by atoms with Crippen LogP contribution in [0.3, 0.4) is 0 Å². The zero-order valence-corrected chi connectivity index (χ0v) is 16.6. The number of benzene rings is 2. The molecule has 7 heteroatoms. The molecule has 1 unspecified atom stereocenters. The Balaban J connectivity index is 1.55. The number of amides is 1. The summed E-state index contributed by atoms with van der Waals surface area (Å²) < 4.78 is 18.8. The third-order valence-corrected chi connectivity index (χ3v) is 5.07. The van der Waals surface area contributed by atoms with Crippen molar-refractivity contribution in [1.82, 2.24) is 4.98 Å². The predicted octanol–water partition coefficient (Wildman–Crippen LogP) is 4.16. The molecule has 0 saturated carbocycles. The molecule has 2 aromatic carbocycles. The van der Waals surface area contributed by atoms with Crippen molar-refractivity contribution >= 4 is 34.3 Å². The number of carbonyl (C=O) groups excluding carboxylic acids is 2. The fourth-order valence-corrected chi connectivity index (χ4v) is 3.51. The fourth-order valence-electron chi connectivity index (χ4n) is 3.51. The highest BCUT2D eigenvalue weighted by Gasteiger charge is 2.26. The number of ether oxygens (including phenoxy) is 1. The number of hydrogen-bond donors (Lipinski definition) is 1. The predicted molar refractivity (Wildman–Crippen MR) is 113 cm³/mol. The molecule has 1 aliphatic heterocycles. The van der Waals surface area contributed by atoms with Gasteiger partial charge in [-0.25, -0.2) is 14.2 Å². The second-order valence-corrected chi connectivity index (χ2v) is 7.29. The van der Waals surface area contributed by atoms with Gasteiger partial charge in [-0.15, -0.1) is 0 Å². The Morgan fingerprint density at radius 1 is 1.10 bits per heavy atom. The van der Waals surface area contributed by atoms with E-state index in [-0.39, 0.29) is 0 Å². The molecule has 1 saturated heterocycles. The molecule has 1 atom stereocenters. The summed E-state index contributed by atoms with van der Waals surface area (Å²) in [7, 11) is 0. The average molecular weight is 407 g/mol. The van der Waals surface area contributed by atoms with Crippen LogP contribution < -0.4 is 10.2 Å². The van der Waals surface area contributed by atoms with E-state index in [1.807, 2.05) is 24.3 Å². The summed E-state index contributed by atoms with van der Waals surface area (Å²) in [6, 6.07) is 14.9. The summed E-state index contributed by atoms with van der Waals surface area (Å²) in [5.74, 6) is -1.04. The number of aromatic nitrogens is 1. The SMILES string of the molecule is CC(OC(=O)c1cc2ccccc2nc1N1CCCC1)C(=O)Nc1cccc(F)c1. The molecule has 1 amide bonds. The van der Waals surface area contributed by atoms with Crippen molar-refractivity contribution < 1.29 is 18.7 Å². The summed E-state index contributed by atoms with van der Waals surface area (Å²) in [5.41, 5.74) is 1.43. The molecule has 6 nitrogen and oxygen atoms in total. The van der Waals surface area contributed by atoms with Gasteiger partial charge in [0.25, 0.3) is 5.91 Å². The Bertz CT molecular complexity index is 1100. The van der Waals surface area contributed by atoms with Gasteiger partial charge in [0.2, 0.25) is 0 Å². The van der Waals surface area contributed by atoms with Crippen LogP contribution in [-0.4, -0.2) is 36.1 Å². The van der Waals surface area contributed by atoms with Crippen molar-refractivity contribution in [3.8, 4) is 0 Å². The first kappa shape index (κ1) is 19.8. The van der Waals surface area contributed by atoms with E-state index in [0.717, 1.165) is 36.8 Å². The van der Waals surface area contributed by atoms with Crippen LogP contribution in [-0.2, 0) is 9.53 Å². The third kappa shape index (κ3) is 4.25. The molecule has 3 aromatic rings. The molecule has 0 spiro atoms. The topological polar surface area (TPSA) is 71.5 Å². The van der Waals surface area contributed by atoms with Crippen LogP contribution in [0.25, 0.3) is 10.9 Å². The summed E-state index contributed by atoms with van der Waals surface area (Å²) >= 11 is 0. The van der Waals surface area contributed by atoms with Crippen LogP contribution in [0.5, 0.6) is 0 Å². The number of hydrogen-bond acceptors (Lipinski definition) is 5. The first-order valence-corrected chi connectivity index (χ1v) is 9.93. The highest BCUT2D eigenvalue weighted by molar-refractivity contribution is 6.01. The third-order valence-electron chi connectivity index (χ3n) is 5.07. The maximum atomic E-state index is 13.3. The quantitative estimate of drug-likeness (QED) is 0.643. The Hall–Kier alpha value is -3.48. The minimum absolute atomic E-state index is 0.299. The van der Waals surface area contributed by atoms with Gasteiger partial charge in [0.1, 0.15) is 17.2 Å². The first-order chi connectivity index (χ1) is 14.5. The number of nitrogens with zero attached hydrogens (tertiary/aromatic N) is 2. The van der Waals surface area contributed by atoms with Crippen molar-refractivity contribution in [1.29, 1.82) is 0 Å². The van der Waals surface area contributed by atoms with Gasteiger partial charge in [0, 0.05) is 24.2 Å². The Kier molecular flexibility index (Phi) is 5.61. The van der Waals surface area contributed by atoms with Crippen LogP contribution in [0, 0.1) is 5.82 Å². The second-order valence-electron chi connectivity index (χ2n) is 7.29. The van der Waals surface area contributed by atoms with E-state index < -0.39 is 23.8 Å². The van der Waals surface area contributed by atoms with E-state index in [1.165, 1.54) is 25.1 Å². The summed E-state index contributed by atoms with van der Waals surface area (Å²) in [6.45, 7) is 3.12. The van der Waals surface area contributed by atoms with Crippen LogP contribution >= 0.6 is 0 Å². The number of carbonyl (C=O) groups is 2. The smallest absolute Gasteiger partial charge is 0.342 e. The number of rotatable bonds is 5. The number of nitrogens with one attached hydrogen (secondary N) is 1. The molecule has 1 aliphatic rings. The maximum absolute atomic E-state index is 13.3. The van der Waals surface area contributed by atoms with Crippen molar-refractivity contribution in [2.24, 2.45) is 0 Å². The van der Waals surface area contributed by atoms with E-state index in [0.29, 0.717) is 17.1 Å². The molecule has 154 valence electrons. The molecule has 2 heterocycles. The standard InChI is InChI=1S/C23H22FN3O3/c1-15(22(28)25-18-9-6-8-17(24)14-18)30-23(29)19-13-16-7-2-3-10-20(16)26-21(19)27-11-4-5-12-27/h2-3,6-10,13-15H,4-5,11-12H2,1H3,(H,25,28). The Labute approximate surface area is 173 Å². The lowest BCUT2D eigenvalue weighted by Gasteiger charge is -2.21. The van der Waals surface area contributed by atoms with Gasteiger partial charge in [-0.1, -0.05) is 24.3 Å². The summed E-state index contributed by atoms with van der Waals surface area (Å²) in [5, 5.41) is 3.38. The van der Waals surface area contributed by atoms with E-state index in [2.05, 4.69) is 10.2 Å². The lowest BCUT2D eigenvalue weighted by atomic mass is 10.1. The minimum atomic E-state index is -1.06. The maximum Gasteiger partial charge on any atom is 0.342 e. The van der Waals surface area contributed by atoms with Crippen LogP contribution in [0.15, 0.2) is 54.6 Å². The van der Waals surface area contributed by atoms with Crippen molar-refractivity contribution in [2.75, 3.05) is 23.3 Å². The van der Waals surface area contributed by atoms with Crippen LogP contribution in [0.2, 0.25) is 0 Å². The van der Waals surface area contributed by atoms with E-state index >= 15 is 0 Å². The van der Waals surface area contributed by atoms with Gasteiger partial charge in [-0.05, 0) is 50.1 Å². The van der Waals surface area contributed by atoms with Gasteiger partial charge < -0.3 is 15.0 Å². The van der Waals surface area contributed by atoms with Gasteiger partial charge in [0.05, 0.1) is 5.52 Å². The highest BCUT2D eigenvalue weighted by Crippen LogP contribution is 2.27. The zero-order chi connectivity index (χ0) is 21.1. The van der Waals surface area contributed by atoms with E-state index in [4.69, 9.17) is 9.72 Å². The number of fused-ring (bicyclic) bond motifs is 1. The summed E-state index contributed by atoms with van der Waals surface area (Å²) in [4.78, 5) is 32.1. The van der Waals surface area contributed by atoms with Crippen molar-refractivity contribution in [3.05, 3.63) is 66.0 Å². The number of anilines is 2. The molecule has 4 rings (SSSR count). The average Bonchev–Trinajstić information content (AvgIpc) is 3.27. The van der Waals surface area contributed by atoms with Gasteiger partial charge in [-0.3, -0.25) is 4.79 Å². The fraction of sp³-hybridized carbons (Fsp3) is 0.261.